The van der Waals surface area contributed by atoms with Crippen molar-refractivity contribution < 1.29 is 19.1 Å². The van der Waals surface area contributed by atoms with Gasteiger partial charge in [0.2, 0.25) is 0 Å². The second-order valence-electron chi connectivity index (χ2n) is 3.26. The van der Waals surface area contributed by atoms with E-state index < -0.39 is 11.9 Å². The first kappa shape index (κ1) is 6.37. The molecule has 4 heteroatoms. The lowest BCUT2D eigenvalue weighted by Gasteiger charge is -2.08. The van der Waals surface area contributed by atoms with E-state index in [1.54, 1.807) is 0 Å². The standard InChI is InChI=1S/C8H6O4/c9-7-5-3-1-4(11-2-3)6(5)8(10)12-7/h3-4H,1-2H2. The van der Waals surface area contributed by atoms with Gasteiger partial charge < -0.3 is 9.47 Å². The lowest BCUT2D eigenvalue weighted by Crippen LogP contribution is -2.15. The summed E-state index contributed by atoms with van der Waals surface area (Å²) in [4.78, 5) is 22.2. The molecule has 2 atom stereocenters. The number of hydrogen-bond acceptors (Lipinski definition) is 4. The fraction of sp³-hybridized carbons (Fsp3) is 0.500. The Morgan fingerprint density at radius 1 is 1.17 bits per heavy atom. The maximum Gasteiger partial charge on any atom is 0.345 e. The highest BCUT2D eigenvalue weighted by atomic mass is 16.6. The van der Waals surface area contributed by atoms with Crippen molar-refractivity contribution in [2.45, 2.75) is 12.5 Å². The first-order valence-electron chi connectivity index (χ1n) is 3.89. The van der Waals surface area contributed by atoms with Gasteiger partial charge in [0.05, 0.1) is 23.9 Å². The maximum absolute atomic E-state index is 11.1. The average molecular weight is 166 g/mol. The zero-order valence-electron chi connectivity index (χ0n) is 6.20. The van der Waals surface area contributed by atoms with Gasteiger partial charge in [-0.2, -0.15) is 0 Å². The van der Waals surface area contributed by atoms with Crippen molar-refractivity contribution in [3.05, 3.63) is 11.1 Å². The summed E-state index contributed by atoms with van der Waals surface area (Å²) in [6.07, 6.45) is 0.620. The molecule has 0 aromatic heterocycles. The van der Waals surface area contributed by atoms with Crippen LogP contribution in [-0.4, -0.2) is 24.6 Å². The quantitative estimate of drug-likeness (QED) is 0.369. The van der Waals surface area contributed by atoms with Crippen LogP contribution in [0.25, 0.3) is 0 Å². The molecule has 62 valence electrons. The Hall–Kier alpha value is -1.16. The number of carbonyl (C=O) groups is 2. The lowest BCUT2D eigenvalue weighted by atomic mass is 10.0. The highest BCUT2D eigenvalue weighted by molar-refractivity contribution is 6.14. The Morgan fingerprint density at radius 3 is 2.67 bits per heavy atom. The number of ether oxygens (including phenoxy) is 2. The molecule has 1 aliphatic carbocycles. The Labute approximate surface area is 68.1 Å². The lowest BCUT2D eigenvalue weighted by molar-refractivity contribution is -0.151. The largest absolute Gasteiger partial charge is 0.386 e. The van der Waals surface area contributed by atoms with Crippen molar-refractivity contribution in [2.75, 3.05) is 6.61 Å². The van der Waals surface area contributed by atoms with E-state index in [1.165, 1.54) is 0 Å². The zero-order chi connectivity index (χ0) is 8.29. The fourth-order valence-electron chi connectivity index (χ4n) is 2.13. The number of fused-ring (bicyclic) bond motifs is 4. The van der Waals surface area contributed by atoms with Crippen LogP contribution in [0, 0.1) is 5.92 Å². The van der Waals surface area contributed by atoms with Crippen molar-refractivity contribution in [3.63, 3.8) is 0 Å². The molecule has 0 aromatic rings. The minimum absolute atomic E-state index is 0.115. The smallest absolute Gasteiger partial charge is 0.345 e. The third-order valence-corrected chi connectivity index (χ3v) is 2.64. The van der Waals surface area contributed by atoms with E-state index in [0.717, 1.165) is 6.42 Å². The van der Waals surface area contributed by atoms with Crippen LogP contribution < -0.4 is 0 Å². The summed E-state index contributed by atoms with van der Waals surface area (Å²) in [7, 11) is 0. The van der Waals surface area contributed by atoms with E-state index in [4.69, 9.17) is 4.74 Å². The predicted molar refractivity (Wildman–Crippen MR) is 36.0 cm³/mol. The molecular formula is C8H6O4. The highest BCUT2D eigenvalue weighted by Crippen LogP contribution is 2.44. The van der Waals surface area contributed by atoms with Gasteiger partial charge in [0.25, 0.3) is 0 Å². The van der Waals surface area contributed by atoms with Gasteiger partial charge in [-0.15, -0.1) is 0 Å². The third-order valence-electron chi connectivity index (χ3n) is 2.64. The maximum atomic E-state index is 11.1. The van der Waals surface area contributed by atoms with E-state index >= 15 is 0 Å². The van der Waals surface area contributed by atoms with Crippen LogP contribution in [0.1, 0.15) is 6.42 Å². The molecule has 0 radical (unpaired) electrons. The molecule has 12 heavy (non-hydrogen) atoms. The molecule has 2 unspecified atom stereocenters. The summed E-state index contributed by atoms with van der Waals surface area (Å²) in [6.45, 7) is 0.561. The van der Waals surface area contributed by atoms with Gasteiger partial charge in [0.15, 0.2) is 0 Å². The Bertz CT molecular complexity index is 298. The molecule has 0 aromatic carbocycles. The van der Waals surface area contributed by atoms with Crippen molar-refractivity contribution >= 4 is 11.9 Å². The number of esters is 2. The van der Waals surface area contributed by atoms with E-state index in [2.05, 4.69) is 4.74 Å². The van der Waals surface area contributed by atoms with E-state index in [-0.39, 0.29) is 12.0 Å². The number of carbonyl (C=O) groups excluding carboxylic acids is 2. The second-order valence-corrected chi connectivity index (χ2v) is 3.26. The Balaban J connectivity index is 2.18. The van der Waals surface area contributed by atoms with Gasteiger partial charge in [0.1, 0.15) is 0 Å². The minimum Gasteiger partial charge on any atom is -0.386 e. The Morgan fingerprint density at radius 2 is 1.92 bits per heavy atom. The van der Waals surface area contributed by atoms with Gasteiger partial charge in [-0.3, -0.25) is 0 Å². The SMILES string of the molecule is O=C1OC(=O)C2=C1C1COC2C1. The molecule has 0 amide bonds. The first-order valence-corrected chi connectivity index (χ1v) is 3.89. The second kappa shape index (κ2) is 1.77. The summed E-state index contributed by atoms with van der Waals surface area (Å²) in [6, 6.07) is 0. The molecule has 3 aliphatic rings. The van der Waals surface area contributed by atoms with Gasteiger partial charge in [-0.1, -0.05) is 0 Å². The summed E-state index contributed by atoms with van der Waals surface area (Å²) >= 11 is 0. The molecular weight excluding hydrogens is 160 g/mol. The van der Waals surface area contributed by atoms with Gasteiger partial charge >= 0.3 is 11.9 Å². The molecule has 2 heterocycles. The predicted octanol–water partition coefficient (Wildman–Crippen LogP) is -0.215. The highest BCUT2D eigenvalue weighted by Gasteiger charge is 2.51. The summed E-state index contributed by atoms with van der Waals surface area (Å²) in [5, 5.41) is 0. The average Bonchev–Trinajstić information content (AvgIpc) is 2.64. The summed E-state index contributed by atoms with van der Waals surface area (Å²) in [5.74, 6) is -0.836. The number of rotatable bonds is 0. The van der Waals surface area contributed by atoms with Crippen LogP contribution in [0.4, 0.5) is 0 Å². The van der Waals surface area contributed by atoms with Crippen molar-refractivity contribution in [2.24, 2.45) is 5.92 Å². The molecule has 2 aliphatic heterocycles. The van der Waals surface area contributed by atoms with Crippen LogP contribution in [-0.2, 0) is 19.1 Å². The van der Waals surface area contributed by atoms with Crippen molar-refractivity contribution in [1.82, 2.24) is 0 Å². The van der Waals surface area contributed by atoms with Crippen LogP contribution >= 0.6 is 0 Å². The molecule has 0 spiro atoms. The minimum atomic E-state index is -0.498. The van der Waals surface area contributed by atoms with Gasteiger partial charge in [0, 0.05) is 5.92 Å². The molecule has 1 saturated heterocycles. The van der Waals surface area contributed by atoms with E-state index in [0.29, 0.717) is 17.8 Å². The molecule has 1 fully saturated rings. The summed E-state index contributed by atoms with van der Waals surface area (Å²) < 4.78 is 9.75. The monoisotopic (exact) mass is 166 g/mol. The third kappa shape index (κ3) is 0.536. The molecule has 0 saturated carbocycles. The fourth-order valence-corrected chi connectivity index (χ4v) is 2.13. The zero-order valence-corrected chi connectivity index (χ0v) is 6.20. The normalized spacial score (nSPS) is 37.7. The molecule has 2 bridgehead atoms. The number of hydrogen-bond donors (Lipinski definition) is 0. The molecule has 4 nitrogen and oxygen atoms in total. The van der Waals surface area contributed by atoms with Gasteiger partial charge in [-0.05, 0) is 6.42 Å². The Kier molecular flexibility index (Phi) is 0.939. The molecule has 0 N–H and O–H groups in total. The van der Waals surface area contributed by atoms with Crippen LogP contribution in [0.5, 0.6) is 0 Å². The van der Waals surface area contributed by atoms with E-state index in [1.807, 2.05) is 0 Å². The first-order chi connectivity index (χ1) is 5.77. The topological polar surface area (TPSA) is 52.6 Å². The number of cyclic esters (lactones) is 2. The van der Waals surface area contributed by atoms with Gasteiger partial charge in [-0.25, -0.2) is 9.59 Å². The summed E-state index contributed by atoms with van der Waals surface area (Å²) in [5.41, 5.74) is 1.06. The van der Waals surface area contributed by atoms with E-state index in [9.17, 15) is 9.59 Å². The van der Waals surface area contributed by atoms with Crippen LogP contribution in [0.3, 0.4) is 0 Å². The van der Waals surface area contributed by atoms with Crippen LogP contribution in [0.2, 0.25) is 0 Å². The van der Waals surface area contributed by atoms with Crippen molar-refractivity contribution in [3.8, 4) is 0 Å². The van der Waals surface area contributed by atoms with Crippen molar-refractivity contribution in [1.29, 1.82) is 0 Å². The van der Waals surface area contributed by atoms with Crippen LogP contribution in [0.15, 0.2) is 11.1 Å². The molecule has 3 rings (SSSR count).